The van der Waals surface area contributed by atoms with Crippen molar-refractivity contribution < 1.29 is 4.79 Å². The van der Waals surface area contributed by atoms with E-state index in [2.05, 4.69) is 27.9 Å². The zero-order valence-electron chi connectivity index (χ0n) is 20.9. The van der Waals surface area contributed by atoms with Crippen LogP contribution >= 0.6 is 0 Å². The number of carbonyl (C=O) groups is 1. The van der Waals surface area contributed by atoms with Crippen molar-refractivity contribution in [2.75, 3.05) is 6.54 Å². The third-order valence-electron chi connectivity index (χ3n) is 7.76. The maximum absolute atomic E-state index is 12.6. The summed E-state index contributed by atoms with van der Waals surface area (Å²) >= 11 is 0. The Hall–Kier alpha value is -3.42. The molecule has 1 aliphatic heterocycles. The first-order chi connectivity index (χ1) is 17.0. The average molecular weight is 472 g/mol. The third kappa shape index (κ3) is 3.75. The Balaban J connectivity index is 1.49. The zero-order chi connectivity index (χ0) is 24.1. The van der Waals surface area contributed by atoms with Crippen LogP contribution in [0.5, 0.6) is 0 Å². The van der Waals surface area contributed by atoms with Crippen LogP contribution in [0.25, 0.3) is 33.4 Å². The molecule has 1 aromatic carbocycles. The molecule has 4 aromatic rings. The molecule has 35 heavy (non-hydrogen) atoms. The number of carbonyl (C=O) groups excluding carboxylic acids is 1. The lowest BCUT2D eigenvalue weighted by molar-refractivity contribution is -0.132. The van der Waals surface area contributed by atoms with Crippen LogP contribution < -0.4 is 0 Å². The summed E-state index contributed by atoms with van der Waals surface area (Å²) in [5, 5.41) is 10.2. The van der Waals surface area contributed by atoms with Crippen molar-refractivity contribution >= 4 is 16.8 Å². The second-order valence-corrected chi connectivity index (χ2v) is 10.0. The van der Waals surface area contributed by atoms with Crippen LogP contribution in [0.15, 0.2) is 30.6 Å². The molecule has 0 radical (unpaired) electrons. The maximum Gasteiger partial charge on any atom is 0.222 e. The van der Waals surface area contributed by atoms with Crippen LogP contribution in [0, 0.1) is 0 Å². The van der Waals surface area contributed by atoms with Gasteiger partial charge in [-0.1, -0.05) is 32.3 Å². The highest BCUT2D eigenvalue weighted by Crippen LogP contribution is 2.38. The summed E-state index contributed by atoms with van der Waals surface area (Å²) in [7, 11) is 3.91. The summed E-state index contributed by atoms with van der Waals surface area (Å²) in [6.45, 7) is 4.17. The maximum atomic E-state index is 12.6. The van der Waals surface area contributed by atoms with Crippen molar-refractivity contribution in [3.63, 3.8) is 0 Å². The minimum atomic E-state index is 0.212. The Kier molecular flexibility index (Phi) is 5.46. The second kappa shape index (κ2) is 8.66. The number of benzene rings is 1. The summed E-state index contributed by atoms with van der Waals surface area (Å²) < 4.78 is 6.17. The predicted octanol–water partition coefficient (Wildman–Crippen LogP) is 4.64. The molecule has 0 saturated heterocycles. The highest BCUT2D eigenvalue weighted by molar-refractivity contribution is 5.95. The van der Waals surface area contributed by atoms with E-state index in [-0.39, 0.29) is 5.91 Å². The number of aromatic nitrogens is 6. The SMILES string of the molecule is CCC(=O)N1CCn2c(C3CCCCC3)nc(-c3ccc4c(c3)c(-c3cnn(C)c3)nn4C)c2C1. The predicted molar refractivity (Wildman–Crippen MR) is 136 cm³/mol. The smallest absolute Gasteiger partial charge is 0.222 e. The Morgan fingerprint density at radius 1 is 1.06 bits per heavy atom. The van der Waals surface area contributed by atoms with Gasteiger partial charge in [0.05, 0.1) is 29.6 Å². The first-order valence-electron chi connectivity index (χ1n) is 12.9. The van der Waals surface area contributed by atoms with Crippen molar-refractivity contribution in [3.05, 3.63) is 42.1 Å². The fraction of sp³-hybridized carbons (Fsp3) is 0.481. The van der Waals surface area contributed by atoms with Crippen LogP contribution in [0.1, 0.15) is 62.9 Å². The van der Waals surface area contributed by atoms with Gasteiger partial charge in [0.2, 0.25) is 5.91 Å². The van der Waals surface area contributed by atoms with Gasteiger partial charge in [-0.25, -0.2) is 4.98 Å². The topological polar surface area (TPSA) is 73.8 Å². The molecule has 4 heterocycles. The van der Waals surface area contributed by atoms with Gasteiger partial charge < -0.3 is 9.47 Å². The molecule has 1 saturated carbocycles. The molecule has 1 fully saturated rings. The van der Waals surface area contributed by atoms with E-state index in [9.17, 15) is 4.79 Å². The Labute approximate surface area is 205 Å². The molecule has 8 nitrogen and oxygen atoms in total. The van der Waals surface area contributed by atoms with Gasteiger partial charge in [0.25, 0.3) is 0 Å². The van der Waals surface area contributed by atoms with Gasteiger partial charge in [0, 0.05) is 62.2 Å². The monoisotopic (exact) mass is 471 g/mol. The molecule has 6 rings (SSSR count). The van der Waals surface area contributed by atoms with Gasteiger partial charge in [-0.3, -0.25) is 14.2 Å². The van der Waals surface area contributed by atoms with E-state index in [0.717, 1.165) is 46.5 Å². The van der Waals surface area contributed by atoms with Gasteiger partial charge in [0.1, 0.15) is 11.5 Å². The van der Waals surface area contributed by atoms with Crippen LogP contribution in [0.3, 0.4) is 0 Å². The van der Waals surface area contributed by atoms with E-state index in [1.165, 1.54) is 43.6 Å². The lowest BCUT2D eigenvalue weighted by atomic mass is 9.88. The van der Waals surface area contributed by atoms with Gasteiger partial charge in [-0.05, 0) is 25.0 Å². The average Bonchev–Trinajstić information content (AvgIpc) is 3.58. The molecule has 0 spiro atoms. The number of aryl methyl sites for hydroxylation is 2. The van der Waals surface area contributed by atoms with E-state index < -0.39 is 0 Å². The van der Waals surface area contributed by atoms with Crippen molar-refractivity contribution in [3.8, 4) is 22.5 Å². The van der Waals surface area contributed by atoms with Crippen molar-refractivity contribution in [2.45, 2.75) is 64.5 Å². The van der Waals surface area contributed by atoms with Gasteiger partial charge in [-0.2, -0.15) is 10.2 Å². The molecule has 8 heteroatoms. The summed E-state index contributed by atoms with van der Waals surface area (Å²) in [5.74, 6) is 1.94. The molecular formula is C27H33N7O. The van der Waals surface area contributed by atoms with Gasteiger partial charge in [-0.15, -0.1) is 0 Å². The fourth-order valence-electron chi connectivity index (χ4n) is 5.91. The quantitative estimate of drug-likeness (QED) is 0.435. The fourth-order valence-corrected chi connectivity index (χ4v) is 5.91. The van der Waals surface area contributed by atoms with Crippen LogP contribution in [0.4, 0.5) is 0 Å². The van der Waals surface area contributed by atoms with E-state index in [0.29, 0.717) is 18.9 Å². The molecular weight excluding hydrogens is 438 g/mol. The number of fused-ring (bicyclic) bond motifs is 2. The summed E-state index contributed by atoms with van der Waals surface area (Å²) in [4.78, 5) is 19.9. The van der Waals surface area contributed by atoms with Crippen molar-refractivity contribution in [2.24, 2.45) is 14.1 Å². The van der Waals surface area contributed by atoms with E-state index in [1.54, 1.807) is 4.68 Å². The highest BCUT2D eigenvalue weighted by atomic mass is 16.2. The molecule has 0 bridgehead atoms. The molecule has 1 aliphatic carbocycles. The van der Waals surface area contributed by atoms with Crippen LogP contribution in [0.2, 0.25) is 0 Å². The Morgan fingerprint density at radius 2 is 1.89 bits per heavy atom. The summed E-state index contributed by atoms with van der Waals surface area (Å²) in [6, 6.07) is 6.52. The number of amides is 1. The summed E-state index contributed by atoms with van der Waals surface area (Å²) in [6.07, 6.45) is 10.7. The van der Waals surface area contributed by atoms with Crippen LogP contribution in [-0.2, 0) is 32.0 Å². The largest absolute Gasteiger partial charge is 0.335 e. The first kappa shape index (κ1) is 22.1. The Morgan fingerprint density at radius 3 is 2.63 bits per heavy atom. The second-order valence-electron chi connectivity index (χ2n) is 10.0. The minimum Gasteiger partial charge on any atom is -0.335 e. The molecule has 2 aliphatic rings. The normalized spacial score (nSPS) is 16.7. The van der Waals surface area contributed by atoms with Crippen LogP contribution in [-0.4, -0.2) is 46.5 Å². The lowest BCUT2D eigenvalue weighted by Crippen LogP contribution is -2.38. The summed E-state index contributed by atoms with van der Waals surface area (Å²) in [5.41, 5.74) is 6.29. The number of rotatable bonds is 4. The number of imidazole rings is 1. The molecule has 1 amide bonds. The first-order valence-corrected chi connectivity index (χ1v) is 12.9. The van der Waals surface area contributed by atoms with Gasteiger partial charge >= 0.3 is 0 Å². The van der Waals surface area contributed by atoms with Crippen molar-refractivity contribution in [1.29, 1.82) is 0 Å². The molecule has 182 valence electrons. The molecule has 0 atom stereocenters. The minimum absolute atomic E-state index is 0.212. The van der Waals surface area contributed by atoms with Crippen molar-refractivity contribution in [1.82, 2.24) is 34.0 Å². The standard InChI is InChI=1S/C27H33N7O/c1-4-24(35)33-12-13-34-23(17-33)26(29-27(34)18-8-6-5-7-9-18)19-10-11-22-21(14-19)25(30-32(22)3)20-15-28-31(2)16-20/h10-11,14-16,18H,4-9,12-13,17H2,1-3H3. The van der Waals surface area contributed by atoms with E-state index >= 15 is 0 Å². The highest BCUT2D eigenvalue weighted by Gasteiger charge is 2.30. The number of hydrogen-bond donors (Lipinski definition) is 0. The zero-order valence-corrected chi connectivity index (χ0v) is 20.9. The Bertz CT molecular complexity index is 1400. The molecule has 3 aromatic heterocycles. The molecule has 0 N–H and O–H groups in total. The number of hydrogen-bond acceptors (Lipinski definition) is 4. The lowest BCUT2D eigenvalue weighted by Gasteiger charge is -2.31. The third-order valence-corrected chi connectivity index (χ3v) is 7.76. The number of nitrogens with zero attached hydrogens (tertiary/aromatic N) is 7. The van der Waals surface area contributed by atoms with E-state index in [1.807, 2.05) is 43.0 Å². The van der Waals surface area contributed by atoms with Gasteiger partial charge in [0.15, 0.2) is 0 Å². The molecule has 0 unspecified atom stereocenters. The van der Waals surface area contributed by atoms with E-state index in [4.69, 9.17) is 10.1 Å².